The maximum atomic E-state index is 14.8. The number of carbonyl (C=O) groups excluding carboxylic acids is 1. The first-order valence-electron chi connectivity index (χ1n) is 18.7. The van der Waals surface area contributed by atoms with Gasteiger partial charge in [-0.25, -0.2) is 14.5 Å². The molecule has 0 amide bonds. The van der Waals surface area contributed by atoms with Gasteiger partial charge in [-0.3, -0.25) is 9.32 Å². The highest BCUT2D eigenvalue weighted by Gasteiger charge is 2.39. The summed E-state index contributed by atoms with van der Waals surface area (Å²) in [6.45, 7) is -4.44. The minimum Gasteiger partial charge on any atom is -0.462 e. The molecule has 3 N–H and O–H groups in total. The number of para-hydroxylation sites is 2. The molecule has 4 rings (SSSR count). The van der Waals surface area contributed by atoms with Crippen LogP contribution in [0.4, 0.5) is 5.82 Å². The Morgan fingerprint density at radius 1 is 1.11 bits per heavy atom. The van der Waals surface area contributed by atoms with Crippen LogP contribution in [-0.4, -0.2) is 45.9 Å². The van der Waals surface area contributed by atoms with Crippen LogP contribution in [0.5, 0.6) is 5.75 Å². The van der Waals surface area contributed by atoms with E-state index in [1.807, 2.05) is 43.5 Å². The molecule has 2 aromatic carbocycles. The van der Waals surface area contributed by atoms with Gasteiger partial charge in [-0.15, -0.1) is 0 Å². The molecule has 3 atom stereocenters. The van der Waals surface area contributed by atoms with Crippen molar-refractivity contribution in [2.24, 2.45) is 0 Å². The highest BCUT2D eigenvalue weighted by Crippen LogP contribution is 2.47. The Labute approximate surface area is 271 Å². The number of nitrogen functional groups attached to an aromatic ring is 1. The second-order valence-corrected chi connectivity index (χ2v) is 12.1. The van der Waals surface area contributed by atoms with Crippen molar-refractivity contribution < 1.29 is 40.2 Å². The van der Waals surface area contributed by atoms with Gasteiger partial charge in [0, 0.05) is 24.3 Å². The van der Waals surface area contributed by atoms with Gasteiger partial charge in [0.05, 0.1) is 29.3 Å². The number of nitrogens with zero attached hydrogens (tertiary/aromatic N) is 3. The van der Waals surface area contributed by atoms with E-state index < -0.39 is 58.6 Å². The highest BCUT2D eigenvalue weighted by atomic mass is 31.2. The molecule has 2 aromatic heterocycles. The highest BCUT2D eigenvalue weighted by molar-refractivity contribution is 7.52. The Balaban J connectivity index is 1.85. The molecule has 0 aliphatic rings. The molecule has 0 saturated carbocycles. The van der Waals surface area contributed by atoms with E-state index in [-0.39, 0.29) is 18.2 Å². The first-order valence-corrected chi connectivity index (χ1v) is 15.8. The zero-order valence-electron chi connectivity index (χ0n) is 33.9. The van der Waals surface area contributed by atoms with Crippen molar-refractivity contribution in [3.05, 3.63) is 60.4 Å². The number of benzene rings is 2. The second-order valence-electron chi connectivity index (χ2n) is 10.4. The van der Waals surface area contributed by atoms with Gasteiger partial charge in [-0.05, 0) is 59.0 Å². The molecule has 238 valence electrons. The predicted molar refractivity (Wildman–Crippen MR) is 172 cm³/mol. The van der Waals surface area contributed by atoms with E-state index in [0.717, 1.165) is 6.42 Å². The lowest BCUT2D eigenvalue weighted by Crippen LogP contribution is -2.40. The van der Waals surface area contributed by atoms with Crippen molar-refractivity contribution in [3.8, 4) is 5.75 Å². The number of carbonyl (C=O) groups is 1. The molecule has 0 radical (unpaired) electrons. The second kappa shape index (κ2) is 14.5. The lowest BCUT2D eigenvalue weighted by molar-refractivity contribution is -0.149. The van der Waals surface area contributed by atoms with Crippen LogP contribution in [0, 0.1) is 0 Å². The fourth-order valence-electron chi connectivity index (χ4n) is 4.85. The summed E-state index contributed by atoms with van der Waals surface area (Å²) in [5, 5.41) is 2.86. The van der Waals surface area contributed by atoms with Crippen LogP contribution in [0.25, 0.3) is 21.9 Å². The number of ether oxygens (including phenoxy) is 2. The Hall–Kier alpha value is -3.50. The molecule has 0 aliphatic carbocycles. The largest absolute Gasteiger partial charge is 0.462 e. The number of hydrogen-bond acceptors (Lipinski definition) is 9. The lowest BCUT2D eigenvalue weighted by atomic mass is 9.94. The third-order valence-electron chi connectivity index (χ3n) is 6.90. The number of nitrogens with two attached hydrogens (primary N) is 1. The summed E-state index contributed by atoms with van der Waals surface area (Å²) in [7, 11) is -4.95. The third-order valence-corrected chi connectivity index (χ3v) is 8.40. The molecular formula is C32H44N5O6P. The Morgan fingerprint density at radius 3 is 2.57 bits per heavy atom. The van der Waals surface area contributed by atoms with Crippen LogP contribution in [0.3, 0.4) is 0 Å². The number of pyridine rings is 1. The number of anilines is 1. The fourth-order valence-corrected chi connectivity index (χ4v) is 6.30. The first kappa shape index (κ1) is 22.9. The first-order chi connectivity index (χ1) is 24.6. The number of unbranched alkanes of at least 4 members (excludes halogenated alkanes) is 1. The molecule has 2 heterocycles. The van der Waals surface area contributed by atoms with Gasteiger partial charge < -0.3 is 24.3 Å². The molecule has 12 heteroatoms. The van der Waals surface area contributed by atoms with E-state index in [2.05, 4.69) is 10.1 Å². The van der Waals surface area contributed by atoms with Gasteiger partial charge in [0.15, 0.2) is 5.82 Å². The number of aromatic nitrogens is 3. The van der Waals surface area contributed by atoms with Crippen LogP contribution in [0.2, 0.25) is 0 Å². The molecular weight excluding hydrogens is 581 g/mol. The number of rotatable bonds is 16. The van der Waals surface area contributed by atoms with Crippen molar-refractivity contribution in [2.75, 3.05) is 18.9 Å². The van der Waals surface area contributed by atoms with Crippen LogP contribution in [0.15, 0.2) is 54.6 Å². The van der Waals surface area contributed by atoms with Gasteiger partial charge in [0.1, 0.15) is 29.7 Å². The van der Waals surface area contributed by atoms with Crippen molar-refractivity contribution in [2.45, 2.75) is 84.9 Å². The number of imidazole rings is 1. The van der Waals surface area contributed by atoms with Crippen LogP contribution in [-0.2, 0) is 35.5 Å². The Morgan fingerprint density at radius 2 is 1.86 bits per heavy atom. The van der Waals surface area contributed by atoms with Gasteiger partial charge in [-0.2, -0.15) is 5.09 Å². The summed E-state index contributed by atoms with van der Waals surface area (Å²) in [6, 6.07) is 12.3. The van der Waals surface area contributed by atoms with Gasteiger partial charge in [0.25, 0.3) is 0 Å². The van der Waals surface area contributed by atoms with E-state index in [9.17, 15) is 9.36 Å². The maximum Gasteiger partial charge on any atom is 0.459 e. The standard InChI is InChI=1S/C32H44N5O6P/c1-7-9-19-32(6,21-41-44(39,43-24-15-11-10-12-16-24)36-23(5)31(38)42-22(3)4)37-27(20-40-8-2)35-28-29(37)25-17-13-14-18-26(25)34-30(28)33/h10-18,22-23H,7-9,19-21H2,1-6H3,(H2,33,34)(H,36,39)/t23-,32+,44+/m0/s1/i3D3,4D3,5D3. The number of nitrogens with one attached hydrogen (secondary N) is 1. The van der Waals surface area contributed by atoms with Gasteiger partial charge >= 0.3 is 13.7 Å². The molecule has 44 heavy (non-hydrogen) atoms. The van der Waals surface area contributed by atoms with E-state index >= 15 is 0 Å². The third kappa shape index (κ3) is 7.77. The number of hydrogen-bond donors (Lipinski definition) is 2. The summed E-state index contributed by atoms with van der Waals surface area (Å²) in [5.41, 5.74) is 6.88. The zero-order chi connectivity index (χ0) is 39.4. The average Bonchev–Trinajstić information content (AvgIpc) is 3.47. The summed E-state index contributed by atoms with van der Waals surface area (Å²) < 4.78 is 109. The van der Waals surface area contributed by atoms with E-state index in [1.165, 1.54) is 12.1 Å². The predicted octanol–water partition coefficient (Wildman–Crippen LogP) is 6.74. The molecule has 0 spiro atoms. The normalized spacial score (nSPS) is 19.1. The number of fused-ring (bicyclic) bond motifs is 3. The SMILES string of the molecule is [2H]C([2H])([2H])C(OC(=O)[C@@H](N[P@@](=O)(OC[C@@](C)(CCCC)n1c(COCC)nc2c(N)nc3ccccc3c21)Oc1ccccc1)C([2H])([2H])[2H])C([2H])([2H])[2H]. The van der Waals surface area contributed by atoms with E-state index in [1.54, 1.807) is 24.3 Å². The van der Waals surface area contributed by atoms with Crippen molar-refractivity contribution in [1.82, 2.24) is 19.6 Å². The van der Waals surface area contributed by atoms with Gasteiger partial charge in [0.2, 0.25) is 0 Å². The summed E-state index contributed by atoms with van der Waals surface area (Å²) >= 11 is 0. The minimum absolute atomic E-state index is 0.0333. The minimum atomic E-state index is -4.95. The van der Waals surface area contributed by atoms with E-state index in [4.69, 9.17) is 41.6 Å². The number of esters is 1. The lowest BCUT2D eigenvalue weighted by Gasteiger charge is -2.35. The molecule has 0 saturated heterocycles. The zero-order valence-corrected chi connectivity index (χ0v) is 25.8. The molecule has 0 bridgehead atoms. The fraction of sp³-hybridized carbons (Fsp3) is 0.469. The van der Waals surface area contributed by atoms with Gasteiger partial charge in [-0.1, -0.05) is 56.2 Å². The Kier molecular flexibility index (Phi) is 7.57. The molecule has 0 fully saturated rings. The van der Waals surface area contributed by atoms with Crippen molar-refractivity contribution in [3.63, 3.8) is 0 Å². The Bertz CT molecular complexity index is 1910. The van der Waals surface area contributed by atoms with Crippen LogP contribution >= 0.6 is 7.75 Å². The van der Waals surface area contributed by atoms with Crippen molar-refractivity contribution >= 4 is 41.5 Å². The maximum absolute atomic E-state index is 14.8. The molecule has 11 nitrogen and oxygen atoms in total. The summed E-state index contributed by atoms with van der Waals surface area (Å²) in [5.74, 6) is -1.23. The van der Waals surface area contributed by atoms with Crippen molar-refractivity contribution in [1.29, 1.82) is 0 Å². The smallest absolute Gasteiger partial charge is 0.459 e. The molecule has 0 unspecified atom stereocenters. The average molecular weight is 635 g/mol. The van der Waals surface area contributed by atoms with Crippen LogP contribution in [0.1, 0.15) is 78.8 Å². The van der Waals surface area contributed by atoms with Crippen LogP contribution < -0.4 is 15.3 Å². The topological polar surface area (TPSA) is 140 Å². The van der Waals surface area contributed by atoms with E-state index in [0.29, 0.717) is 47.2 Å². The summed E-state index contributed by atoms with van der Waals surface area (Å²) in [4.78, 5) is 22.7. The molecule has 4 aromatic rings. The molecule has 0 aliphatic heterocycles. The summed E-state index contributed by atoms with van der Waals surface area (Å²) in [6.07, 6.45) is -0.902. The monoisotopic (exact) mass is 634 g/mol. The quantitative estimate of drug-likeness (QED) is 0.101.